The molecule has 2 atom stereocenters. The van der Waals surface area contributed by atoms with Crippen LogP contribution < -0.4 is 5.11 Å². The lowest BCUT2D eigenvalue weighted by Gasteiger charge is -2.34. The molecule has 0 aromatic heterocycles. The molecule has 0 aliphatic rings. The molecule has 8 heteroatoms. The maximum atomic E-state index is 12.8. The van der Waals surface area contributed by atoms with E-state index >= 15 is 0 Å². The summed E-state index contributed by atoms with van der Waals surface area (Å²) in [4.78, 5) is 37.1. The lowest BCUT2D eigenvalue weighted by Crippen LogP contribution is -2.55. The molecule has 0 heterocycles. The Morgan fingerprint density at radius 3 is 1.11 bits per heavy atom. The fraction of sp³-hybridized carbons (Fsp3) is 0.912. The van der Waals surface area contributed by atoms with Crippen LogP contribution in [-0.2, 0) is 28.6 Å². The average molecular weight is 920 g/mol. The molecule has 2 unspecified atom stereocenters. The minimum absolute atomic E-state index is 0.0460. The molecule has 384 valence electrons. The molecule has 65 heavy (non-hydrogen) atoms. The molecule has 0 amide bonds. The van der Waals surface area contributed by atoms with Crippen molar-refractivity contribution in [2.45, 2.75) is 296 Å². The summed E-state index contributed by atoms with van der Waals surface area (Å²) in [6, 6.07) is -0.723. The Morgan fingerprint density at radius 1 is 0.446 bits per heavy atom. The van der Waals surface area contributed by atoms with Gasteiger partial charge in [0.25, 0.3) is 0 Å². The summed E-state index contributed by atoms with van der Waals surface area (Å²) >= 11 is 0. The first-order valence-electron chi connectivity index (χ1n) is 28.2. The largest absolute Gasteiger partial charge is 0.544 e. The number of aliphatic carboxylic acids is 1. The highest BCUT2D eigenvalue weighted by atomic mass is 16.6. The van der Waals surface area contributed by atoms with Crippen LogP contribution in [0.15, 0.2) is 12.2 Å². The van der Waals surface area contributed by atoms with Gasteiger partial charge in [0.05, 0.1) is 40.3 Å². The van der Waals surface area contributed by atoms with E-state index < -0.39 is 18.1 Å². The number of nitrogens with zero attached hydrogens (tertiary/aromatic N) is 1. The quantitative estimate of drug-likeness (QED) is 0.0259. The van der Waals surface area contributed by atoms with Crippen LogP contribution in [0.3, 0.4) is 0 Å². The van der Waals surface area contributed by atoms with Crippen LogP contribution in [0.25, 0.3) is 0 Å². The van der Waals surface area contributed by atoms with Gasteiger partial charge in [0.1, 0.15) is 12.6 Å². The third kappa shape index (κ3) is 46.9. The minimum Gasteiger partial charge on any atom is -0.544 e. The number of quaternary nitrogens is 1. The van der Waals surface area contributed by atoms with E-state index in [9.17, 15) is 19.5 Å². The van der Waals surface area contributed by atoms with E-state index in [4.69, 9.17) is 14.2 Å². The minimum atomic E-state index is -1.12. The molecule has 0 aliphatic carbocycles. The summed E-state index contributed by atoms with van der Waals surface area (Å²) in [6.07, 6.45) is 55.3. The van der Waals surface area contributed by atoms with Gasteiger partial charge in [-0.1, -0.05) is 238 Å². The molecule has 0 aliphatic heterocycles. The zero-order chi connectivity index (χ0) is 47.7. The smallest absolute Gasteiger partial charge is 0.306 e. The zero-order valence-electron chi connectivity index (χ0n) is 43.9. The van der Waals surface area contributed by atoms with Crippen LogP contribution >= 0.6 is 0 Å². The highest BCUT2D eigenvalue weighted by molar-refractivity contribution is 5.70. The van der Waals surface area contributed by atoms with E-state index in [1.54, 1.807) is 0 Å². The van der Waals surface area contributed by atoms with Crippen LogP contribution in [0.2, 0.25) is 0 Å². The van der Waals surface area contributed by atoms with Gasteiger partial charge in [0.2, 0.25) is 0 Å². The lowest BCUT2D eigenvalue weighted by atomic mass is 10.0. The van der Waals surface area contributed by atoms with Crippen molar-refractivity contribution < 1.29 is 38.2 Å². The van der Waals surface area contributed by atoms with Gasteiger partial charge in [0.15, 0.2) is 6.10 Å². The van der Waals surface area contributed by atoms with Crippen LogP contribution in [0.5, 0.6) is 0 Å². The molecular weight excluding hydrogens is 811 g/mol. The SMILES string of the molecule is CCCCCCCCCCCC/C=C/CCCCCCCCCC(=O)OCC(COCCC(C(=O)[O-])[N+](C)(C)C)OC(=O)CCCCCCCCCCCCCCCCCCCCCC. The summed E-state index contributed by atoms with van der Waals surface area (Å²) in [7, 11) is 5.43. The predicted molar refractivity (Wildman–Crippen MR) is 273 cm³/mol. The molecule has 0 spiro atoms. The number of unbranched alkanes of at least 4 members (excludes halogenated alkanes) is 36. The van der Waals surface area contributed by atoms with Crippen LogP contribution in [0.1, 0.15) is 284 Å². The Labute approximate surface area is 403 Å². The van der Waals surface area contributed by atoms with Gasteiger partial charge in [-0.15, -0.1) is 0 Å². The second-order valence-corrected chi connectivity index (χ2v) is 20.5. The molecule has 0 saturated heterocycles. The summed E-state index contributed by atoms with van der Waals surface area (Å²) < 4.78 is 17.3. The maximum Gasteiger partial charge on any atom is 0.306 e. The fourth-order valence-corrected chi connectivity index (χ4v) is 8.78. The number of carboxylic acid groups (broad SMARTS) is 1. The van der Waals surface area contributed by atoms with Crippen molar-refractivity contribution in [2.24, 2.45) is 0 Å². The number of carboxylic acids is 1. The Hall–Kier alpha value is -1.93. The highest BCUT2D eigenvalue weighted by Gasteiger charge is 2.25. The number of likely N-dealkylation sites (N-methyl/N-ethyl adjacent to an activating group) is 1. The van der Waals surface area contributed by atoms with Gasteiger partial charge < -0.3 is 28.6 Å². The van der Waals surface area contributed by atoms with Crippen molar-refractivity contribution in [3.05, 3.63) is 12.2 Å². The summed E-state index contributed by atoms with van der Waals surface area (Å²) in [5, 5.41) is 11.7. The van der Waals surface area contributed by atoms with Crippen LogP contribution in [-0.4, -0.2) is 75.5 Å². The molecule has 0 fully saturated rings. The Balaban J connectivity index is 4.15. The third-order valence-corrected chi connectivity index (χ3v) is 13.2. The van der Waals surface area contributed by atoms with E-state index in [1.165, 1.54) is 212 Å². The van der Waals surface area contributed by atoms with Crippen molar-refractivity contribution >= 4 is 17.9 Å². The van der Waals surface area contributed by atoms with Crippen molar-refractivity contribution in [2.75, 3.05) is 41.0 Å². The number of rotatable bonds is 52. The van der Waals surface area contributed by atoms with Gasteiger partial charge >= 0.3 is 11.9 Å². The number of carbonyl (C=O) groups excluding carboxylic acids is 3. The second kappa shape index (κ2) is 48.5. The first kappa shape index (κ1) is 63.1. The molecule has 0 radical (unpaired) electrons. The Kier molecular flexibility index (Phi) is 47.1. The molecule has 0 aromatic rings. The first-order valence-corrected chi connectivity index (χ1v) is 28.2. The Morgan fingerprint density at radius 2 is 0.769 bits per heavy atom. The Bertz CT molecular complexity index is 1070. The molecule has 0 aromatic carbocycles. The van der Waals surface area contributed by atoms with Gasteiger partial charge in [-0.3, -0.25) is 9.59 Å². The van der Waals surface area contributed by atoms with Gasteiger partial charge in [-0.2, -0.15) is 0 Å². The van der Waals surface area contributed by atoms with Crippen molar-refractivity contribution in [1.82, 2.24) is 0 Å². The van der Waals surface area contributed by atoms with E-state index in [0.29, 0.717) is 12.8 Å². The van der Waals surface area contributed by atoms with Crippen molar-refractivity contribution in [3.8, 4) is 0 Å². The fourth-order valence-electron chi connectivity index (χ4n) is 8.78. The average Bonchev–Trinajstić information content (AvgIpc) is 3.27. The van der Waals surface area contributed by atoms with Crippen LogP contribution in [0, 0.1) is 0 Å². The van der Waals surface area contributed by atoms with E-state index in [-0.39, 0.29) is 42.7 Å². The van der Waals surface area contributed by atoms with Crippen LogP contribution in [0.4, 0.5) is 0 Å². The van der Waals surface area contributed by atoms with E-state index in [0.717, 1.165) is 38.5 Å². The summed E-state index contributed by atoms with van der Waals surface area (Å²) in [6.45, 7) is 4.72. The number of allylic oxidation sites excluding steroid dienone is 2. The number of ether oxygens (including phenoxy) is 3. The molecule has 0 rings (SSSR count). The zero-order valence-corrected chi connectivity index (χ0v) is 43.9. The summed E-state index contributed by atoms with van der Waals surface area (Å²) in [5.41, 5.74) is 0. The standard InChI is InChI=1S/C57H109NO7/c1-6-8-10-12-14-16-18-20-22-24-26-28-30-31-33-35-37-39-41-43-45-47-55(59)64-52-53(51-63-50-49-54(57(61)62)58(3,4)5)65-56(60)48-46-44-42-40-38-36-34-32-29-27-25-23-21-19-17-15-13-11-9-7-2/h28,30,53-54H,6-27,29,31-52H2,1-5H3/b30-28+. The topological polar surface area (TPSA) is 102 Å². The van der Waals surface area contributed by atoms with E-state index in [2.05, 4.69) is 26.0 Å². The molecule has 0 saturated carbocycles. The molecule has 8 nitrogen and oxygen atoms in total. The van der Waals surface area contributed by atoms with Crippen molar-refractivity contribution in [3.63, 3.8) is 0 Å². The first-order chi connectivity index (χ1) is 31.6. The molecular formula is C57H109NO7. The van der Waals surface area contributed by atoms with E-state index in [1.807, 2.05) is 21.1 Å². The van der Waals surface area contributed by atoms with Gasteiger partial charge in [-0.25, -0.2) is 0 Å². The molecule has 0 N–H and O–H groups in total. The van der Waals surface area contributed by atoms with Crippen molar-refractivity contribution in [1.29, 1.82) is 0 Å². The normalized spacial score (nSPS) is 12.8. The maximum absolute atomic E-state index is 12.8. The summed E-state index contributed by atoms with van der Waals surface area (Å²) in [5.74, 6) is -1.71. The number of hydrogen-bond acceptors (Lipinski definition) is 7. The monoisotopic (exact) mass is 920 g/mol. The van der Waals surface area contributed by atoms with Gasteiger partial charge in [0, 0.05) is 19.3 Å². The third-order valence-electron chi connectivity index (χ3n) is 13.2. The number of carbonyl (C=O) groups is 3. The highest BCUT2D eigenvalue weighted by Crippen LogP contribution is 2.17. The predicted octanol–water partition coefficient (Wildman–Crippen LogP) is 15.3. The van der Waals surface area contributed by atoms with Gasteiger partial charge in [-0.05, 0) is 38.5 Å². The second-order valence-electron chi connectivity index (χ2n) is 20.5. The number of hydrogen-bond donors (Lipinski definition) is 0. The number of esters is 2. The molecule has 0 bridgehead atoms. The lowest BCUT2D eigenvalue weighted by molar-refractivity contribution is -0.889.